The lowest BCUT2D eigenvalue weighted by atomic mass is 9.99. The maximum atomic E-state index is 11.4. The number of hydrogen-bond donors (Lipinski definition) is 4. The number of nitrogens with one attached hydrogen (secondary N) is 3. The van der Waals surface area contributed by atoms with Gasteiger partial charge in [0.1, 0.15) is 0 Å². The third-order valence-corrected chi connectivity index (χ3v) is 4.85. The summed E-state index contributed by atoms with van der Waals surface area (Å²) in [6, 6.07) is 21.0. The van der Waals surface area contributed by atoms with E-state index in [1.165, 1.54) is 19.1 Å². The Labute approximate surface area is 178 Å². The van der Waals surface area contributed by atoms with E-state index in [2.05, 4.69) is 16.0 Å². The summed E-state index contributed by atoms with van der Waals surface area (Å²) >= 11 is 0. The predicted molar refractivity (Wildman–Crippen MR) is 120 cm³/mol. The highest BCUT2D eigenvalue weighted by Gasteiger charge is 2.30. The fourth-order valence-electron chi connectivity index (χ4n) is 3.55. The zero-order chi connectivity index (χ0) is 22.0. The first-order chi connectivity index (χ1) is 14.9. The lowest BCUT2D eigenvalue weighted by molar-refractivity contribution is -0.384. The number of rotatable bonds is 5. The Morgan fingerprint density at radius 2 is 1.71 bits per heavy atom. The Kier molecular flexibility index (Phi) is 5.38. The Balaban J connectivity index is 1.86. The number of non-ortho nitro benzene ring substituents is 1. The highest BCUT2D eigenvalue weighted by molar-refractivity contribution is 6.03. The van der Waals surface area contributed by atoms with Gasteiger partial charge in [-0.3, -0.25) is 14.9 Å². The molecule has 1 aliphatic heterocycles. The van der Waals surface area contributed by atoms with Crippen LogP contribution in [-0.4, -0.2) is 22.2 Å². The number of anilines is 3. The number of fused-ring (bicyclic) bond motifs is 1. The zero-order valence-corrected chi connectivity index (χ0v) is 16.6. The van der Waals surface area contributed by atoms with E-state index in [1.54, 1.807) is 24.3 Å². The van der Waals surface area contributed by atoms with Crippen LogP contribution in [0.4, 0.5) is 22.7 Å². The van der Waals surface area contributed by atoms with E-state index in [1.807, 2.05) is 36.4 Å². The summed E-state index contributed by atoms with van der Waals surface area (Å²) in [6.07, 6.45) is -1.06. The first-order valence-corrected chi connectivity index (χ1v) is 9.60. The number of nitro benzene ring substituents is 1. The Hall–Kier alpha value is -4.17. The van der Waals surface area contributed by atoms with Gasteiger partial charge in [-0.1, -0.05) is 36.4 Å². The van der Waals surface area contributed by atoms with Crippen molar-refractivity contribution in [3.63, 3.8) is 0 Å². The van der Waals surface area contributed by atoms with E-state index < -0.39 is 11.2 Å². The van der Waals surface area contributed by atoms with Gasteiger partial charge in [0.05, 0.1) is 10.6 Å². The zero-order valence-electron chi connectivity index (χ0n) is 16.6. The van der Waals surface area contributed by atoms with Gasteiger partial charge in [-0.05, 0) is 29.8 Å². The molecule has 8 nitrogen and oxygen atoms in total. The molecule has 1 amide bonds. The van der Waals surface area contributed by atoms with Gasteiger partial charge in [0.25, 0.3) is 5.69 Å². The number of carbonyl (C=O) groups is 1. The number of aliphatic hydroxyl groups is 1. The normalized spacial score (nSPS) is 16.1. The van der Waals surface area contributed by atoms with Crippen molar-refractivity contribution < 1.29 is 14.8 Å². The van der Waals surface area contributed by atoms with Gasteiger partial charge in [0.15, 0.2) is 6.23 Å². The van der Waals surface area contributed by atoms with Gasteiger partial charge >= 0.3 is 0 Å². The van der Waals surface area contributed by atoms with Crippen molar-refractivity contribution in [2.45, 2.75) is 13.2 Å². The molecule has 0 saturated heterocycles. The first kappa shape index (κ1) is 20.1. The van der Waals surface area contributed by atoms with Gasteiger partial charge in [-0.25, -0.2) is 0 Å². The number of amides is 1. The molecule has 4 rings (SSSR count). The summed E-state index contributed by atoms with van der Waals surface area (Å²) in [6.45, 7) is 1.43. The standard InChI is InChI=1S/C23H20N4O4/c1-14(28)24-16-8-5-9-17(12-16)25-22(15-6-3-2-4-7-15)21-19-13-18(27(30)31)10-11-20(19)26-23(21)29/h2-13,23,25-26,29H,1H3,(H,24,28)/b22-21-. The summed E-state index contributed by atoms with van der Waals surface area (Å²) in [4.78, 5) is 22.2. The van der Waals surface area contributed by atoms with E-state index in [-0.39, 0.29) is 11.6 Å². The maximum Gasteiger partial charge on any atom is 0.270 e. The summed E-state index contributed by atoms with van der Waals surface area (Å²) in [5, 5.41) is 31.1. The second kappa shape index (κ2) is 8.29. The van der Waals surface area contributed by atoms with E-state index >= 15 is 0 Å². The summed E-state index contributed by atoms with van der Waals surface area (Å²) in [7, 11) is 0. The fraction of sp³-hybridized carbons (Fsp3) is 0.0870. The molecule has 1 aliphatic rings. The lowest BCUT2D eigenvalue weighted by Crippen LogP contribution is -2.16. The Bertz CT molecular complexity index is 1190. The Morgan fingerprint density at radius 1 is 1.00 bits per heavy atom. The van der Waals surface area contributed by atoms with E-state index in [9.17, 15) is 20.0 Å². The molecule has 156 valence electrons. The third kappa shape index (κ3) is 4.24. The molecule has 0 bridgehead atoms. The molecule has 1 unspecified atom stereocenters. The van der Waals surface area contributed by atoms with Crippen LogP contribution in [-0.2, 0) is 4.79 Å². The molecule has 3 aromatic carbocycles. The van der Waals surface area contributed by atoms with Crippen molar-refractivity contribution >= 4 is 39.9 Å². The SMILES string of the molecule is CC(=O)Nc1cccc(N/C(=C2/c3cc([N+](=O)[O-])ccc3NC2O)c2ccccc2)c1. The number of carbonyl (C=O) groups excluding carboxylic acids is 1. The number of hydrogen-bond acceptors (Lipinski definition) is 6. The summed E-state index contributed by atoms with van der Waals surface area (Å²) in [5.74, 6) is -0.185. The van der Waals surface area contributed by atoms with Gasteiger partial charge in [-0.2, -0.15) is 0 Å². The van der Waals surface area contributed by atoms with Crippen LogP contribution in [0.3, 0.4) is 0 Å². The lowest BCUT2D eigenvalue weighted by Gasteiger charge is -2.18. The van der Waals surface area contributed by atoms with Crippen LogP contribution in [0.1, 0.15) is 18.1 Å². The fourth-order valence-corrected chi connectivity index (χ4v) is 3.55. The van der Waals surface area contributed by atoms with Crippen LogP contribution in [0.15, 0.2) is 72.8 Å². The van der Waals surface area contributed by atoms with Crippen molar-refractivity contribution in [1.29, 1.82) is 0 Å². The van der Waals surface area contributed by atoms with Crippen molar-refractivity contribution in [2.24, 2.45) is 0 Å². The number of nitrogens with zero attached hydrogens (tertiary/aromatic N) is 1. The van der Waals surface area contributed by atoms with Crippen LogP contribution in [0.2, 0.25) is 0 Å². The van der Waals surface area contributed by atoms with Gasteiger partial charge < -0.3 is 21.1 Å². The monoisotopic (exact) mass is 416 g/mol. The van der Waals surface area contributed by atoms with Crippen LogP contribution in [0, 0.1) is 10.1 Å². The predicted octanol–water partition coefficient (Wildman–Crippen LogP) is 4.28. The molecule has 3 aromatic rings. The van der Waals surface area contributed by atoms with E-state index in [0.717, 1.165) is 5.56 Å². The molecular formula is C23H20N4O4. The van der Waals surface area contributed by atoms with Crippen LogP contribution in [0.5, 0.6) is 0 Å². The van der Waals surface area contributed by atoms with Crippen LogP contribution >= 0.6 is 0 Å². The largest absolute Gasteiger partial charge is 0.369 e. The second-order valence-corrected chi connectivity index (χ2v) is 7.08. The van der Waals surface area contributed by atoms with Crippen molar-refractivity contribution in [1.82, 2.24) is 0 Å². The first-order valence-electron chi connectivity index (χ1n) is 9.60. The summed E-state index contributed by atoms with van der Waals surface area (Å²) < 4.78 is 0. The van der Waals surface area contributed by atoms with Crippen molar-refractivity contribution in [2.75, 3.05) is 16.0 Å². The average molecular weight is 416 g/mol. The van der Waals surface area contributed by atoms with Crippen molar-refractivity contribution in [3.05, 3.63) is 94.0 Å². The Morgan fingerprint density at radius 3 is 2.39 bits per heavy atom. The number of aliphatic hydroxyl groups excluding tert-OH is 1. The van der Waals surface area contributed by atoms with E-state index in [4.69, 9.17) is 0 Å². The molecule has 4 N–H and O–H groups in total. The van der Waals surface area contributed by atoms with Crippen LogP contribution in [0.25, 0.3) is 11.3 Å². The van der Waals surface area contributed by atoms with Gasteiger partial charge in [0.2, 0.25) is 5.91 Å². The minimum atomic E-state index is -1.06. The molecule has 1 heterocycles. The average Bonchev–Trinajstić information content (AvgIpc) is 3.07. The molecule has 31 heavy (non-hydrogen) atoms. The molecule has 0 aliphatic carbocycles. The topological polar surface area (TPSA) is 117 Å². The minimum absolute atomic E-state index is 0.0628. The molecular weight excluding hydrogens is 396 g/mol. The van der Waals surface area contributed by atoms with Crippen molar-refractivity contribution in [3.8, 4) is 0 Å². The molecule has 0 saturated carbocycles. The molecule has 0 fully saturated rings. The molecule has 0 radical (unpaired) electrons. The smallest absolute Gasteiger partial charge is 0.270 e. The highest BCUT2D eigenvalue weighted by Crippen LogP contribution is 2.41. The highest BCUT2D eigenvalue weighted by atomic mass is 16.6. The maximum absolute atomic E-state index is 11.4. The van der Waals surface area contributed by atoms with Crippen LogP contribution < -0.4 is 16.0 Å². The number of benzene rings is 3. The van der Waals surface area contributed by atoms with Gasteiger partial charge in [0, 0.05) is 47.3 Å². The second-order valence-electron chi connectivity index (χ2n) is 7.08. The number of nitro groups is 1. The third-order valence-electron chi connectivity index (χ3n) is 4.85. The molecule has 0 aromatic heterocycles. The quantitative estimate of drug-likeness (QED) is 0.364. The van der Waals surface area contributed by atoms with E-state index in [0.29, 0.717) is 33.9 Å². The summed E-state index contributed by atoms with van der Waals surface area (Å²) in [5.41, 5.74) is 4.28. The molecule has 8 heteroatoms. The van der Waals surface area contributed by atoms with Gasteiger partial charge in [-0.15, -0.1) is 0 Å². The molecule has 0 spiro atoms. The minimum Gasteiger partial charge on any atom is -0.369 e. The molecule has 1 atom stereocenters.